The number of benzene rings is 2. The van der Waals surface area contributed by atoms with Crippen molar-refractivity contribution >= 4 is 23.2 Å². The maximum absolute atomic E-state index is 9.03. The van der Waals surface area contributed by atoms with Gasteiger partial charge in [-0.2, -0.15) is 0 Å². The minimum atomic E-state index is -0.0407. The summed E-state index contributed by atoms with van der Waals surface area (Å²) in [5, 5.41) is 10.2. The minimum absolute atomic E-state index is 0.0407. The van der Waals surface area contributed by atoms with E-state index in [0.717, 1.165) is 22.6 Å². The van der Waals surface area contributed by atoms with E-state index < -0.39 is 0 Å². The van der Waals surface area contributed by atoms with Gasteiger partial charge in [0.05, 0.1) is 11.6 Å². The summed E-state index contributed by atoms with van der Waals surface area (Å²) in [5.74, 6) is 1.25. The molecule has 2 aromatic rings. The highest BCUT2D eigenvalue weighted by molar-refractivity contribution is 6.32. The van der Waals surface area contributed by atoms with Crippen LogP contribution in [0.1, 0.15) is 18.1 Å². The van der Waals surface area contributed by atoms with Crippen molar-refractivity contribution in [2.45, 2.75) is 20.0 Å². The first-order chi connectivity index (χ1) is 9.13. The predicted octanol–water partition coefficient (Wildman–Crippen LogP) is 4.84. The summed E-state index contributed by atoms with van der Waals surface area (Å²) in [6, 6.07) is 10.7. The smallest absolute Gasteiger partial charge is 0.146 e. The molecular weight excluding hydrogens is 283 g/mol. The van der Waals surface area contributed by atoms with Gasteiger partial charge in [0.15, 0.2) is 0 Å². The molecule has 0 radical (unpaired) electrons. The van der Waals surface area contributed by atoms with E-state index in [9.17, 15) is 0 Å². The highest BCUT2D eigenvalue weighted by Gasteiger charge is 2.06. The van der Waals surface area contributed by atoms with Crippen LogP contribution in [0.15, 0.2) is 36.4 Å². The van der Waals surface area contributed by atoms with Gasteiger partial charge in [-0.25, -0.2) is 0 Å². The summed E-state index contributed by atoms with van der Waals surface area (Å²) in [5.41, 5.74) is 1.78. The Morgan fingerprint density at radius 3 is 2.47 bits per heavy atom. The molecule has 0 aliphatic heterocycles. The molecule has 0 atom stereocenters. The highest BCUT2D eigenvalue weighted by atomic mass is 35.5. The number of rotatable bonds is 4. The van der Waals surface area contributed by atoms with Gasteiger partial charge in [0.1, 0.15) is 11.5 Å². The molecule has 2 rings (SSSR count). The lowest BCUT2D eigenvalue weighted by atomic mass is 10.1. The normalized spacial score (nSPS) is 10.5. The fourth-order valence-electron chi connectivity index (χ4n) is 1.74. The van der Waals surface area contributed by atoms with Crippen LogP contribution in [0.25, 0.3) is 0 Å². The fraction of sp³-hybridized carbons (Fsp3) is 0.200. The number of aliphatic hydroxyl groups excluding tert-OH is 1. The number of hydrogen-bond donors (Lipinski definition) is 1. The first-order valence-electron chi connectivity index (χ1n) is 5.99. The lowest BCUT2D eigenvalue weighted by Crippen LogP contribution is -1.90. The SMILES string of the molecule is CCc1cc(Oc2ccc(CO)cc2Cl)ccc1Cl. The molecule has 0 aliphatic rings. The van der Waals surface area contributed by atoms with Crippen LogP contribution >= 0.6 is 23.2 Å². The third-order valence-electron chi connectivity index (χ3n) is 2.80. The number of aliphatic hydroxyl groups is 1. The lowest BCUT2D eigenvalue weighted by Gasteiger charge is -2.10. The molecule has 19 heavy (non-hydrogen) atoms. The van der Waals surface area contributed by atoms with Gasteiger partial charge < -0.3 is 9.84 Å². The molecule has 0 spiro atoms. The number of aryl methyl sites for hydroxylation is 1. The van der Waals surface area contributed by atoms with Crippen LogP contribution in [-0.2, 0) is 13.0 Å². The Bertz CT molecular complexity index is 582. The summed E-state index contributed by atoms with van der Waals surface area (Å²) < 4.78 is 5.73. The summed E-state index contributed by atoms with van der Waals surface area (Å²) in [6.07, 6.45) is 0.840. The summed E-state index contributed by atoms with van der Waals surface area (Å²) in [4.78, 5) is 0. The molecule has 0 saturated carbocycles. The highest BCUT2D eigenvalue weighted by Crippen LogP contribution is 2.32. The molecule has 0 heterocycles. The van der Waals surface area contributed by atoms with Crippen molar-refractivity contribution in [2.75, 3.05) is 0 Å². The summed E-state index contributed by atoms with van der Waals surface area (Å²) >= 11 is 12.2. The van der Waals surface area contributed by atoms with Gasteiger partial charge in [-0.15, -0.1) is 0 Å². The van der Waals surface area contributed by atoms with Crippen molar-refractivity contribution in [1.29, 1.82) is 0 Å². The average molecular weight is 297 g/mol. The molecule has 0 amide bonds. The van der Waals surface area contributed by atoms with Crippen molar-refractivity contribution in [3.8, 4) is 11.5 Å². The van der Waals surface area contributed by atoms with E-state index in [4.69, 9.17) is 33.0 Å². The van der Waals surface area contributed by atoms with Crippen LogP contribution in [0.4, 0.5) is 0 Å². The maximum Gasteiger partial charge on any atom is 0.146 e. The second kappa shape index (κ2) is 6.29. The largest absolute Gasteiger partial charge is 0.456 e. The molecular formula is C15H14Cl2O2. The van der Waals surface area contributed by atoms with Gasteiger partial charge in [0.25, 0.3) is 0 Å². The van der Waals surface area contributed by atoms with E-state index in [0.29, 0.717) is 16.5 Å². The van der Waals surface area contributed by atoms with Crippen molar-refractivity contribution in [3.63, 3.8) is 0 Å². The van der Waals surface area contributed by atoms with Crippen LogP contribution in [0.2, 0.25) is 10.0 Å². The first kappa shape index (κ1) is 14.2. The van der Waals surface area contributed by atoms with Gasteiger partial charge in [0.2, 0.25) is 0 Å². The Morgan fingerprint density at radius 1 is 1.05 bits per heavy atom. The Morgan fingerprint density at radius 2 is 1.84 bits per heavy atom. The monoisotopic (exact) mass is 296 g/mol. The standard InChI is InChI=1S/C15H14Cl2O2/c1-2-11-8-12(4-5-13(11)16)19-15-6-3-10(9-18)7-14(15)17/h3-8,18H,2,9H2,1H3. The van der Waals surface area contributed by atoms with Gasteiger partial charge in [0, 0.05) is 5.02 Å². The van der Waals surface area contributed by atoms with Crippen molar-refractivity contribution < 1.29 is 9.84 Å². The second-order valence-corrected chi connectivity index (χ2v) is 4.95. The van der Waals surface area contributed by atoms with Crippen molar-refractivity contribution in [2.24, 2.45) is 0 Å². The van der Waals surface area contributed by atoms with Crippen LogP contribution in [0.3, 0.4) is 0 Å². The number of halogens is 2. The van der Waals surface area contributed by atoms with E-state index in [-0.39, 0.29) is 6.61 Å². The molecule has 100 valence electrons. The molecule has 0 aliphatic carbocycles. The van der Waals surface area contributed by atoms with Gasteiger partial charge >= 0.3 is 0 Å². The van der Waals surface area contributed by atoms with Gasteiger partial charge in [-0.05, 0) is 47.9 Å². The Balaban J connectivity index is 2.26. The molecule has 4 heteroatoms. The zero-order valence-corrected chi connectivity index (χ0v) is 12.0. The zero-order chi connectivity index (χ0) is 13.8. The topological polar surface area (TPSA) is 29.5 Å². The van der Waals surface area contributed by atoms with E-state index in [1.54, 1.807) is 24.3 Å². The molecule has 0 bridgehead atoms. The van der Waals surface area contributed by atoms with Gasteiger partial charge in [-0.3, -0.25) is 0 Å². The fourth-order valence-corrected chi connectivity index (χ4v) is 2.23. The number of ether oxygens (including phenoxy) is 1. The van der Waals surface area contributed by atoms with Crippen LogP contribution in [0.5, 0.6) is 11.5 Å². The molecule has 0 fully saturated rings. The molecule has 2 aromatic carbocycles. The molecule has 1 N–H and O–H groups in total. The maximum atomic E-state index is 9.03. The average Bonchev–Trinajstić information content (AvgIpc) is 2.43. The Kier molecular flexibility index (Phi) is 4.70. The lowest BCUT2D eigenvalue weighted by molar-refractivity contribution is 0.281. The minimum Gasteiger partial charge on any atom is -0.456 e. The van der Waals surface area contributed by atoms with Gasteiger partial charge in [-0.1, -0.05) is 36.2 Å². The zero-order valence-electron chi connectivity index (χ0n) is 10.5. The molecule has 2 nitrogen and oxygen atoms in total. The Labute approximate surface area is 122 Å². The quantitative estimate of drug-likeness (QED) is 0.875. The number of hydrogen-bond acceptors (Lipinski definition) is 2. The van der Waals surface area contributed by atoms with E-state index in [1.165, 1.54) is 0 Å². The van der Waals surface area contributed by atoms with Crippen molar-refractivity contribution in [1.82, 2.24) is 0 Å². The molecule has 0 unspecified atom stereocenters. The van der Waals surface area contributed by atoms with E-state index >= 15 is 0 Å². The van der Waals surface area contributed by atoms with Crippen LogP contribution < -0.4 is 4.74 Å². The predicted molar refractivity (Wildman–Crippen MR) is 78.3 cm³/mol. The van der Waals surface area contributed by atoms with Crippen LogP contribution in [0, 0.1) is 0 Å². The summed E-state index contributed by atoms with van der Waals surface area (Å²) in [7, 11) is 0. The van der Waals surface area contributed by atoms with E-state index in [1.807, 2.05) is 19.1 Å². The van der Waals surface area contributed by atoms with E-state index in [2.05, 4.69) is 0 Å². The van der Waals surface area contributed by atoms with Crippen molar-refractivity contribution in [3.05, 3.63) is 57.6 Å². The molecule has 0 aromatic heterocycles. The molecule has 0 saturated heterocycles. The van der Waals surface area contributed by atoms with Crippen LogP contribution in [-0.4, -0.2) is 5.11 Å². The summed E-state index contributed by atoms with van der Waals surface area (Å²) in [6.45, 7) is 1.99. The second-order valence-electron chi connectivity index (χ2n) is 4.13. The third kappa shape index (κ3) is 3.41. The Hall–Kier alpha value is -1.22. The third-order valence-corrected chi connectivity index (χ3v) is 3.47. The first-order valence-corrected chi connectivity index (χ1v) is 6.75.